The van der Waals surface area contributed by atoms with Crippen LogP contribution in [-0.4, -0.2) is 55.6 Å². The fraction of sp³-hybridized carbons (Fsp3) is 0.850. The molecule has 5 rings (SSSR count). The number of carbonyl (C=O) groups excluding carboxylic acids is 3. The molecule has 3 atom stereocenters. The van der Waals surface area contributed by atoms with Gasteiger partial charge in [-0.05, 0) is 62.7 Å². The molecule has 1 aliphatic heterocycles. The van der Waals surface area contributed by atoms with Crippen LogP contribution in [0.5, 0.6) is 0 Å². The van der Waals surface area contributed by atoms with Crippen LogP contribution in [0.2, 0.25) is 0 Å². The van der Waals surface area contributed by atoms with E-state index in [-0.39, 0.29) is 42.3 Å². The number of nitrogens with two attached hydrogens (primary N) is 1. The van der Waals surface area contributed by atoms with E-state index in [2.05, 4.69) is 0 Å². The molecule has 4 aliphatic carbocycles. The topological polar surface area (TPSA) is 98.9 Å². The van der Waals surface area contributed by atoms with Crippen molar-refractivity contribution in [1.82, 2.24) is 4.90 Å². The van der Waals surface area contributed by atoms with Crippen LogP contribution >= 0.6 is 0 Å². The Balaban J connectivity index is 1.39. The summed E-state index contributed by atoms with van der Waals surface area (Å²) in [6, 6.07) is 0. The maximum absolute atomic E-state index is 12.9. The van der Waals surface area contributed by atoms with Crippen LogP contribution in [-0.2, 0) is 23.9 Å². The molecule has 1 saturated heterocycles. The molecule has 150 valence electrons. The third-order valence-corrected chi connectivity index (χ3v) is 7.40. The number of likely N-dealkylation sites (tertiary alicyclic amines) is 1. The lowest BCUT2D eigenvalue weighted by Crippen LogP contribution is -2.62. The molecular weight excluding hydrogens is 348 g/mol. The molecule has 3 unspecified atom stereocenters. The Bertz CT molecular complexity index is 614. The summed E-state index contributed by atoms with van der Waals surface area (Å²) in [6.07, 6.45) is 5.68. The van der Waals surface area contributed by atoms with Gasteiger partial charge in [-0.2, -0.15) is 0 Å². The van der Waals surface area contributed by atoms with Gasteiger partial charge in [0.2, 0.25) is 11.8 Å². The summed E-state index contributed by atoms with van der Waals surface area (Å²) in [7, 11) is 1.50. The first-order valence-electron chi connectivity index (χ1n) is 10.2. The van der Waals surface area contributed by atoms with Crippen LogP contribution in [0.4, 0.5) is 0 Å². The second kappa shape index (κ2) is 7.08. The van der Waals surface area contributed by atoms with Crippen molar-refractivity contribution in [2.24, 2.45) is 34.8 Å². The summed E-state index contributed by atoms with van der Waals surface area (Å²) in [5.41, 5.74) is 5.18. The van der Waals surface area contributed by atoms with Crippen LogP contribution in [0.3, 0.4) is 0 Å². The summed E-state index contributed by atoms with van der Waals surface area (Å²) in [6.45, 7) is 1.16. The first-order chi connectivity index (χ1) is 12.9. The number of ether oxygens (including phenoxy) is 2. The molecule has 0 aromatic carbocycles. The number of amides is 2. The maximum atomic E-state index is 12.9. The minimum atomic E-state index is -0.653. The van der Waals surface area contributed by atoms with Gasteiger partial charge in [0.1, 0.15) is 12.7 Å². The van der Waals surface area contributed by atoms with Crippen molar-refractivity contribution >= 4 is 17.8 Å². The molecule has 7 nitrogen and oxygen atoms in total. The van der Waals surface area contributed by atoms with Crippen molar-refractivity contribution < 1.29 is 23.9 Å². The van der Waals surface area contributed by atoms with Gasteiger partial charge < -0.3 is 20.1 Å². The molecule has 4 bridgehead atoms. The zero-order valence-corrected chi connectivity index (χ0v) is 16.0. The van der Waals surface area contributed by atoms with E-state index in [1.54, 1.807) is 4.90 Å². The van der Waals surface area contributed by atoms with Crippen molar-refractivity contribution in [3.05, 3.63) is 0 Å². The molecule has 2 N–H and O–H groups in total. The molecule has 0 aromatic rings. The van der Waals surface area contributed by atoms with E-state index in [1.165, 1.54) is 13.5 Å². The van der Waals surface area contributed by atoms with Crippen LogP contribution in [0, 0.1) is 29.1 Å². The average molecular weight is 378 g/mol. The molecule has 0 spiro atoms. The normalized spacial score (nSPS) is 38.0. The molecule has 0 aromatic heterocycles. The van der Waals surface area contributed by atoms with E-state index in [1.807, 2.05) is 0 Å². The second-order valence-corrected chi connectivity index (χ2v) is 9.07. The van der Waals surface area contributed by atoms with Crippen molar-refractivity contribution in [3.63, 3.8) is 0 Å². The SMILES string of the molecule is COCC(=O)N1CCC(C(=O)OC2C3CC4CC(C3)CC2(C(N)=O)C4)CC1. The van der Waals surface area contributed by atoms with Crippen LogP contribution in [0.25, 0.3) is 0 Å². The summed E-state index contributed by atoms with van der Waals surface area (Å²) in [4.78, 5) is 38.9. The summed E-state index contributed by atoms with van der Waals surface area (Å²) >= 11 is 0. The van der Waals surface area contributed by atoms with Gasteiger partial charge in [-0.3, -0.25) is 14.4 Å². The van der Waals surface area contributed by atoms with Crippen LogP contribution < -0.4 is 5.73 Å². The molecule has 1 heterocycles. The zero-order chi connectivity index (χ0) is 19.2. The summed E-state index contributed by atoms with van der Waals surface area (Å²) in [5, 5.41) is 0. The Hall–Kier alpha value is -1.63. The van der Waals surface area contributed by atoms with Crippen molar-refractivity contribution in [1.29, 1.82) is 0 Å². The van der Waals surface area contributed by atoms with Gasteiger partial charge in [-0.15, -0.1) is 0 Å². The summed E-state index contributed by atoms with van der Waals surface area (Å²) < 4.78 is 10.9. The number of primary amides is 1. The first kappa shape index (κ1) is 18.7. The molecule has 0 radical (unpaired) electrons. The Kier molecular flexibility index (Phi) is 4.91. The van der Waals surface area contributed by atoms with E-state index in [0.717, 1.165) is 25.7 Å². The number of rotatable bonds is 5. The lowest BCUT2D eigenvalue weighted by Gasteiger charge is -2.58. The van der Waals surface area contributed by atoms with E-state index < -0.39 is 5.41 Å². The van der Waals surface area contributed by atoms with E-state index in [9.17, 15) is 14.4 Å². The van der Waals surface area contributed by atoms with E-state index in [4.69, 9.17) is 15.2 Å². The minimum absolute atomic E-state index is 0.0435. The van der Waals surface area contributed by atoms with Gasteiger partial charge in [0.15, 0.2) is 0 Å². The Morgan fingerprint density at radius 1 is 1.07 bits per heavy atom. The molecule has 27 heavy (non-hydrogen) atoms. The van der Waals surface area contributed by atoms with Gasteiger partial charge in [-0.25, -0.2) is 0 Å². The number of esters is 1. The van der Waals surface area contributed by atoms with E-state index >= 15 is 0 Å². The van der Waals surface area contributed by atoms with Crippen LogP contribution in [0.15, 0.2) is 0 Å². The molecular formula is C20H30N2O5. The number of methoxy groups -OCH3 is 1. The van der Waals surface area contributed by atoms with Crippen molar-refractivity contribution in [2.45, 2.75) is 51.0 Å². The van der Waals surface area contributed by atoms with Crippen molar-refractivity contribution in [3.8, 4) is 0 Å². The predicted molar refractivity (Wildman–Crippen MR) is 96.2 cm³/mol. The quantitative estimate of drug-likeness (QED) is 0.722. The number of nitrogens with zero attached hydrogens (tertiary/aromatic N) is 1. The third-order valence-electron chi connectivity index (χ3n) is 7.40. The lowest BCUT2D eigenvalue weighted by atomic mass is 9.48. The smallest absolute Gasteiger partial charge is 0.309 e. The fourth-order valence-corrected chi connectivity index (χ4v) is 6.35. The van der Waals surface area contributed by atoms with Crippen LogP contribution in [0.1, 0.15) is 44.9 Å². The molecule has 2 amide bonds. The standard InChI is InChI=1S/C20H30N2O5/c1-26-11-16(23)22-4-2-14(3-5-22)18(24)27-17-15-7-12-6-13(8-15)10-20(17,9-12)19(21)25/h12-15,17H,2-11H2,1H3,(H2,21,25). The largest absolute Gasteiger partial charge is 0.461 e. The highest BCUT2D eigenvalue weighted by atomic mass is 16.5. The van der Waals surface area contributed by atoms with Gasteiger partial charge in [0, 0.05) is 20.2 Å². The molecule has 7 heteroatoms. The lowest BCUT2D eigenvalue weighted by molar-refractivity contribution is -0.199. The predicted octanol–water partition coefficient (Wildman–Crippen LogP) is 1.09. The maximum Gasteiger partial charge on any atom is 0.309 e. The fourth-order valence-electron chi connectivity index (χ4n) is 6.35. The number of hydrogen-bond donors (Lipinski definition) is 1. The zero-order valence-electron chi connectivity index (χ0n) is 16.0. The highest BCUT2D eigenvalue weighted by Crippen LogP contribution is 2.61. The monoisotopic (exact) mass is 378 g/mol. The second-order valence-electron chi connectivity index (χ2n) is 9.07. The van der Waals surface area contributed by atoms with Gasteiger partial charge in [0.05, 0.1) is 11.3 Å². The number of carbonyl (C=O) groups is 3. The highest BCUT2D eigenvalue weighted by Gasteiger charge is 2.62. The molecule has 5 aliphatic rings. The first-order valence-corrected chi connectivity index (χ1v) is 10.2. The average Bonchev–Trinajstić information content (AvgIpc) is 2.64. The number of piperidine rings is 1. The van der Waals surface area contributed by atoms with Gasteiger partial charge in [-0.1, -0.05) is 0 Å². The third kappa shape index (κ3) is 3.24. The van der Waals surface area contributed by atoms with Crippen molar-refractivity contribution in [2.75, 3.05) is 26.8 Å². The Morgan fingerprint density at radius 3 is 2.26 bits per heavy atom. The van der Waals surface area contributed by atoms with E-state index in [0.29, 0.717) is 37.8 Å². The van der Waals surface area contributed by atoms with Gasteiger partial charge in [0.25, 0.3) is 0 Å². The minimum Gasteiger partial charge on any atom is -0.461 e. The molecule has 4 saturated carbocycles. The Morgan fingerprint density at radius 2 is 1.70 bits per heavy atom. The van der Waals surface area contributed by atoms with Gasteiger partial charge >= 0.3 is 5.97 Å². The number of hydrogen-bond acceptors (Lipinski definition) is 5. The highest BCUT2D eigenvalue weighted by molar-refractivity contribution is 5.83. The Labute approximate surface area is 159 Å². The summed E-state index contributed by atoms with van der Waals surface area (Å²) in [5.74, 6) is 0.624. The molecule has 5 fully saturated rings.